The highest BCUT2D eigenvalue weighted by atomic mass is 79.9. The molecule has 7 heteroatoms. The van der Waals surface area contributed by atoms with Crippen LogP contribution >= 0.6 is 27.5 Å². The maximum absolute atomic E-state index is 11.0. The molecule has 0 bridgehead atoms. The van der Waals surface area contributed by atoms with Gasteiger partial charge in [-0.1, -0.05) is 33.6 Å². The second-order valence-electron chi connectivity index (χ2n) is 4.04. The third-order valence-corrected chi connectivity index (χ3v) is 3.52. The van der Waals surface area contributed by atoms with Gasteiger partial charge in [0.2, 0.25) is 0 Å². The average molecular weight is 368 g/mol. The molecule has 0 aliphatic rings. The van der Waals surface area contributed by atoms with Gasteiger partial charge >= 0.3 is 0 Å². The van der Waals surface area contributed by atoms with E-state index >= 15 is 0 Å². The maximum Gasteiger partial charge on any atom is 0.277 e. The quantitative estimate of drug-likeness (QED) is 0.590. The molecule has 0 amide bonds. The minimum atomic E-state index is -0.480. The highest BCUT2D eigenvalue weighted by molar-refractivity contribution is 9.10. The Kier molecular flexibility index (Phi) is 4.78. The van der Waals surface area contributed by atoms with Crippen molar-refractivity contribution in [3.8, 4) is 11.8 Å². The van der Waals surface area contributed by atoms with Gasteiger partial charge in [0, 0.05) is 10.5 Å². The zero-order valence-electron chi connectivity index (χ0n) is 10.5. The topological polar surface area (TPSA) is 76.2 Å². The summed E-state index contributed by atoms with van der Waals surface area (Å²) in [6.07, 6.45) is 0. The van der Waals surface area contributed by atoms with Crippen LogP contribution < -0.4 is 4.74 Å². The predicted molar refractivity (Wildman–Crippen MR) is 81.3 cm³/mol. The summed E-state index contributed by atoms with van der Waals surface area (Å²) < 4.78 is 6.11. The number of benzene rings is 2. The number of nitro benzene ring substituents is 1. The first-order valence-corrected chi connectivity index (χ1v) is 6.94. The van der Waals surface area contributed by atoms with Gasteiger partial charge in [-0.15, -0.1) is 0 Å². The van der Waals surface area contributed by atoms with Crippen LogP contribution in [0.1, 0.15) is 11.1 Å². The summed E-state index contributed by atoms with van der Waals surface area (Å²) >= 11 is 9.08. The number of hydrogen-bond acceptors (Lipinski definition) is 4. The number of nitro groups is 1. The van der Waals surface area contributed by atoms with Gasteiger partial charge in [0.15, 0.2) is 0 Å². The molecule has 21 heavy (non-hydrogen) atoms. The Balaban J connectivity index is 2.28. The first-order valence-electron chi connectivity index (χ1n) is 5.77. The average Bonchev–Trinajstić information content (AvgIpc) is 2.45. The minimum Gasteiger partial charge on any atom is -0.487 e. The van der Waals surface area contributed by atoms with Gasteiger partial charge in [-0.3, -0.25) is 10.1 Å². The Morgan fingerprint density at radius 3 is 2.81 bits per heavy atom. The smallest absolute Gasteiger partial charge is 0.277 e. The lowest BCUT2D eigenvalue weighted by molar-refractivity contribution is -0.385. The Morgan fingerprint density at radius 1 is 1.38 bits per heavy atom. The van der Waals surface area contributed by atoms with E-state index in [1.165, 1.54) is 6.07 Å². The maximum atomic E-state index is 11.0. The zero-order valence-corrected chi connectivity index (χ0v) is 12.9. The van der Waals surface area contributed by atoms with E-state index in [-0.39, 0.29) is 22.9 Å². The summed E-state index contributed by atoms with van der Waals surface area (Å²) in [7, 11) is 0. The molecule has 0 saturated carbocycles. The van der Waals surface area contributed by atoms with Gasteiger partial charge in [0.1, 0.15) is 24.0 Å². The van der Waals surface area contributed by atoms with Crippen LogP contribution in [0.2, 0.25) is 5.02 Å². The molecule has 0 aliphatic carbocycles. The first kappa shape index (κ1) is 15.3. The summed E-state index contributed by atoms with van der Waals surface area (Å²) in [5, 5.41) is 20.3. The molecule has 0 unspecified atom stereocenters. The van der Waals surface area contributed by atoms with Gasteiger partial charge in [-0.2, -0.15) is 5.26 Å². The molecule has 106 valence electrons. The largest absolute Gasteiger partial charge is 0.487 e. The molecule has 0 radical (unpaired) electrons. The van der Waals surface area contributed by atoms with Crippen molar-refractivity contribution in [1.29, 1.82) is 5.26 Å². The van der Waals surface area contributed by atoms with E-state index in [0.29, 0.717) is 15.8 Å². The van der Waals surface area contributed by atoms with Gasteiger partial charge < -0.3 is 4.74 Å². The molecule has 0 heterocycles. The molecule has 0 aromatic heterocycles. The van der Waals surface area contributed by atoms with E-state index in [4.69, 9.17) is 21.6 Å². The molecule has 0 atom stereocenters. The first-order chi connectivity index (χ1) is 10.0. The Hall–Kier alpha value is -2.10. The van der Waals surface area contributed by atoms with Gasteiger partial charge in [-0.05, 0) is 24.3 Å². The van der Waals surface area contributed by atoms with Crippen LogP contribution in [0, 0.1) is 21.4 Å². The third-order valence-electron chi connectivity index (χ3n) is 2.71. The highest BCUT2D eigenvalue weighted by Gasteiger charge is 2.15. The number of rotatable bonds is 4. The lowest BCUT2D eigenvalue weighted by Gasteiger charge is -2.09. The fourth-order valence-corrected chi connectivity index (χ4v) is 2.27. The van der Waals surface area contributed by atoms with Crippen molar-refractivity contribution in [2.24, 2.45) is 0 Å². The third kappa shape index (κ3) is 3.51. The second kappa shape index (κ2) is 6.57. The molecule has 5 nitrogen and oxygen atoms in total. The van der Waals surface area contributed by atoms with Gasteiger partial charge in [0.25, 0.3) is 5.69 Å². The Bertz CT molecular complexity index is 743. The van der Waals surface area contributed by atoms with Crippen molar-refractivity contribution in [1.82, 2.24) is 0 Å². The van der Waals surface area contributed by atoms with Crippen LogP contribution in [0.4, 0.5) is 5.69 Å². The Morgan fingerprint density at radius 2 is 2.14 bits per heavy atom. The molecule has 0 aliphatic heterocycles. The molecule has 0 N–H and O–H groups in total. The number of nitrogens with zero attached hydrogens (tertiary/aromatic N) is 2. The van der Waals surface area contributed by atoms with E-state index < -0.39 is 4.92 Å². The Labute approximate surface area is 134 Å². The number of ether oxygens (including phenoxy) is 1. The van der Waals surface area contributed by atoms with E-state index in [1.807, 2.05) is 6.07 Å². The van der Waals surface area contributed by atoms with Crippen LogP contribution in [-0.2, 0) is 6.61 Å². The highest BCUT2D eigenvalue weighted by Crippen LogP contribution is 2.28. The van der Waals surface area contributed by atoms with Crippen LogP contribution in [0.15, 0.2) is 40.9 Å². The standard InChI is InChI=1S/C14H8BrClN2O3/c15-10-5-4-9(13(6-10)18(19)20)8-21-14-3-1-2-12(16)11(14)7-17/h1-6H,8H2. The van der Waals surface area contributed by atoms with Crippen molar-refractivity contribution >= 4 is 33.2 Å². The van der Waals surface area contributed by atoms with Crippen LogP contribution in [0.3, 0.4) is 0 Å². The van der Waals surface area contributed by atoms with Crippen LogP contribution in [0.25, 0.3) is 0 Å². The summed E-state index contributed by atoms with van der Waals surface area (Å²) in [4.78, 5) is 10.5. The molecular formula is C14H8BrClN2O3. The second-order valence-corrected chi connectivity index (χ2v) is 5.37. The van der Waals surface area contributed by atoms with Crippen molar-refractivity contribution in [2.45, 2.75) is 6.61 Å². The zero-order chi connectivity index (χ0) is 15.4. The normalized spacial score (nSPS) is 9.95. The molecular weight excluding hydrogens is 360 g/mol. The molecule has 2 rings (SSSR count). The molecule has 0 fully saturated rings. The van der Waals surface area contributed by atoms with Gasteiger partial charge in [0.05, 0.1) is 15.5 Å². The number of nitriles is 1. The molecule has 0 saturated heterocycles. The van der Waals surface area contributed by atoms with Crippen molar-refractivity contribution in [2.75, 3.05) is 0 Å². The van der Waals surface area contributed by atoms with E-state index in [1.54, 1.807) is 30.3 Å². The number of halogens is 2. The van der Waals surface area contributed by atoms with Crippen molar-refractivity contribution in [3.05, 3.63) is 67.1 Å². The van der Waals surface area contributed by atoms with E-state index in [2.05, 4.69) is 15.9 Å². The lowest BCUT2D eigenvalue weighted by atomic mass is 10.2. The molecule has 2 aromatic carbocycles. The van der Waals surface area contributed by atoms with Gasteiger partial charge in [-0.25, -0.2) is 0 Å². The van der Waals surface area contributed by atoms with E-state index in [9.17, 15) is 10.1 Å². The monoisotopic (exact) mass is 366 g/mol. The lowest BCUT2D eigenvalue weighted by Crippen LogP contribution is -2.01. The van der Waals surface area contributed by atoms with Crippen molar-refractivity contribution in [3.63, 3.8) is 0 Å². The van der Waals surface area contributed by atoms with E-state index in [0.717, 1.165) is 0 Å². The predicted octanol–water partition coefficient (Wildman–Crippen LogP) is 4.46. The fraction of sp³-hybridized carbons (Fsp3) is 0.0714. The minimum absolute atomic E-state index is 0.0292. The summed E-state index contributed by atoms with van der Waals surface area (Å²) in [6.45, 7) is -0.0292. The summed E-state index contributed by atoms with van der Waals surface area (Å²) in [5.74, 6) is 0.294. The number of hydrogen-bond donors (Lipinski definition) is 0. The molecule has 2 aromatic rings. The van der Waals surface area contributed by atoms with Crippen molar-refractivity contribution < 1.29 is 9.66 Å². The van der Waals surface area contributed by atoms with Crippen LogP contribution in [-0.4, -0.2) is 4.92 Å². The fourth-order valence-electron chi connectivity index (χ4n) is 1.72. The molecule has 0 spiro atoms. The summed E-state index contributed by atoms with van der Waals surface area (Å²) in [6, 6.07) is 11.5. The summed E-state index contributed by atoms with van der Waals surface area (Å²) in [5.41, 5.74) is 0.566. The van der Waals surface area contributed by atoms with Crippen LogP contribution in [0.5, 0.6) is 5.75 Å². The SMILES string of the molecule is N#Cc1c(Cl)cccc1OCc1ccc(Br)cc1[N+](=O)[O-].